The van der Waals surface area contributed by atoms with Gasteiger partial charge in [-0.15, -0.1) is 10.2 Å². The molecule has 6 nitrogen and oxygen atoms in total. The molecular formula is C14H13N5O. The average molecular weight is 267 g/mol. The molecule has 6 heteroatoms. The third-order valence-electron chi connectivity index (χ3n) is 2.90. The smallest absolute Gasteiger partial charge is 0.221 e. The highest BCUT2D eigenvalue weighted by Crippen LogP contribution is 2.21. The van der Waals surface area contributed by atoms with Gasteiger partial charge in [-0.3, -0.25) is 4.79 Å². The van der Waals surface area contributed by atoms with Crippen LogP contribution in [0.2, 0.25) is 0 Å². The first-order chi connectivity index (χ1) is 9.63. The van der Waals surface area contributed by atoms with E-state index in [2.05, 4.69) is 20.6 Å². The van der Waals surface area contributed by atoms with Gasteiger partial charge in [0.1, 0.15) is 0 Å². The van der Waals surface area contributed by atoms with E-state index >= 15 is 0 Å². The second-order valence-corrected chi connectivity index (χ2v) is 4.50. The zero-order chi connectivity index (χ0) is 14.1. The fourth-order valence-electron chi connectivity index (χ4n) is 2.01. The van der Waals surface area contributed by atoms with Gasteiger partial charge in [0.25, 0.3) is 0 Å². The Balaban J connectivity index is 2.05. The van der Waals surface area contributed by atoms with Crippen molar-refractivity contribution in [3.05, 3.63) is 42.2 Å². The van der Waals surface area contributed by atoms with Crippen molar-refractivity contribution in [2.45, 2.75) is 13.8 Å². The normalized spacial score (nSPS) is 10.7. The van der Waals surface area contributed by atoms with Gasteiger partial charge in [0.2, 0.25) is 5.91 Å². The molecule has 0 spiro atoms. The molecule has 0 radical (unpaired) electrons. The van der Waals surface area contributed by atoms with Gasteiger partial charge >= 0.3 is 0 Å². The molecule has 20 heavy (non-hydrogen) atoms. The summed E-state index contributed by atoms with van der Waals surface area (Å²) in [6, 6.07) is 11.3. The Hall–Kier alpha value is -2.76. The Bertz CT molecular complexity index is 793. The lowest BCUT2D eigenvalue weighted by atomic mass is 10.1. The first-order valence-electron chi connectivity index (χ1n) is 6.20. The summed E-state index contributed by atoms with van der Waals surface area (Å²) < 4.78 is 1.69. The fraction of sp³-hybridized carbons (Fsp3) is 0.143. The standard InChI is InChI=1S/C14H13N5O/c1-9-16-17-14-7-6-13(18-19(9)14)11-4-3-5-12(8-11)15-10(2)20/h3-8H,1-2H3,(H,15,20). The molecule has 2 heterocycles. The maximum absolute atomic E-state index is 11.1. The molecule has 1 N–H and O–H groups in total. The van der Waals surface area contributed by atoms with E-state index in [0.717, 1.165) is 22.8 Å². The van der Waals surface area contributed by atoms with Gasteiger partial charge in [0, 0.05) is 18.2 Å². The van der Waals surface area contributed by atoms with Crippen LogP contribution in [0.3, 0.4) is 0 Å². The van der Waals surface area contributed by atoms with Crippen molar-refractivity contribution in [3.63, 3.8) is 0 Å². The average Bonchev–Trinajstić information content (AvgIpc) is 2.80. The maximum atomic E-state index is 11.1. The molecule has 0 fully saturated rings. The van der Waals surface area contributed by atoms with E-state index in [1.54, 1.807) is 4.52 Å². The van der Waals surface area contributed by atoms with Gasteiger partial charge in [-0.25, -0.2) is 0 Å². The quantitative estimate of drug-likeness (QED) is 0.771. The van der Waals surface area contributed by atoms with Gasteiger partial charge in [0.15, 0.2) is 11.5 Å². The molecule has 0 aliphatic rings. The number of anilines is 1. The Morgan fingerprint density at radius 1 is 1.20 bits per heavy atom. The van der Waals surface area contributed by atoms with Crippen molar-refractivity contribution in [2.75, 3.05) is 5.32 Å². The number of nitrogens with one attached hydrogen (secondary N) is 1. The Morgan fingerprint density at radius 2 is 2.05 bits per heavy atom. The minimum absolute atomic E-state index is 0.0970. The summed E-state index contributed by atoms with van der Waals surface area (Å²) in [6.07, 6.45) is 0. The van der Waals surface area contributed by atoms with Crippen molar-refractivity contribution < 1.29 is 4.79 Å². The molecule has 0 saturated heterocycles. The summed E-state index contributed by atoms with van der Waals surface area (Å²) in [5, 5.41) is 15.2. The summed E-state index contributed by atoms with van der Waals surface area (Å²) in [7, 11) is 0. The predicted octanol–water partition coefficient (Wildman–Crippen LogP) is 2.06. The minimum Gasteiger partial charge on any atom is -0.326 e. The van der Waals surface area contributed by atoms with Crippen LogP contribution >= 0.6 is 0 Å². The summed E-state index contributed by atoms with van der Waals surface area (Å²) in [6.45, 7) is 3.34. The third-order valence-corrected chi connectivity index (χ3v) is 2.90. The van der Waals surface area contributed by atoms with E-state index in [4.69, 9.17) is 0 Å². The zero-order valence-electron chi connectivity index (χ0n) is 11.2. The fourth-order valence-corrected chi connectivity index (χ4v) is 2.01. The zero-order valence-corrected chi connectivity index (χ0v) is 11.2. The number of fused-ring (bicyclic) bond motifs is 1. The molecule has 1 amide bonds. The van der Waals surface area contributed by atoms with Gasteiger partial charge in [-0.05, 0) is 31.2 Å². The van der Waals surface area contributed by atoms with Crippen molar-refractivity contribution in [1.29, 1.82) is 0 Å². The topological polar surface area (TPSA) is 72.2 Å². The largest absolute Gasteiger partial charge is 0.326 e. The van der Waals surface area contributed by atoms with Crippen LogP contribution in [0.4, 0.5) is 5.69 Å². The van der Waals surface area contributed by atoms with Crippen LogP contribution < -0.4 is 5.32 Å². The summed E-state index contributed by atoms with van der Waals surface area (Å²) >= 11 is 0. The number of carbonyl (C=O) groups is 1. The lowest BCUT2D eigenvalue weighted by Gasteiger charge is -2.05. The van der Waals surface area contributed by atoms with Crippen LogP contribution in [0, 0.1) is 6.92 Å². The van der Waals surface area contributed by atoms with Crippen LogP contribution in [0.5, 0.6) is 0 Å². The first-order valence-corrected chi connectivity index (χ1v) is 6.20. The van der Waals surface area contributed by atoms with E-state index in [0.29, 0.717) is 5.65 Å². The summed E-state index contributed by atoms with van der Waals surface area (Å²) in [5.74, 6) is 0.639. The molecule has 3 rings (SSSR count). The molecule has 0 atom stereocenters. The highest BCUT2D eigenvalue weighted by Gasteiger charge is 2.06. The molecule has 0 bridgehead atoms. The van der Waals surface area contributed by atoms with Gasteiger partial charge < -0.3 is 5.32 Å². The van der Waals surface area contributed by atoms with Crippen molar-refractivity contribution in [1.82, 2.24) is 19.8 Å². The number of nitrogens with zero attached hydrogens (tertiary/aromatic N) is 4. The third kappa shape index (κ3) is 2.23. The number of hydrogen-bond acceptors (Lipinski definition) is 4. The minimum atomic E-state index is -0.0970. The second kappa shape index (κ2) is 4.73. The van der Waals surface area contributed by atoms with Crippen molar-refractivity contribution in [2.24, 2.45) is 0 Å². The van der Waals surface area contributed by atoms with Crippen LogP contribution in [0.15, 0.2) is 36.4 Å². The molecule has 0 unspecified atom stereocenters. The highest BCUT2D eigenvalue weighted by atomic mass is 16.1. The molecule has 0 aliphatic heterocycles. The highest BCUT2D eigenvalue weighted by molar-refractivity contribution is 5.89. The molecule has 0 saturated carbocycles. The summed E-state index contributed by atoms with van der Waals surface area (Å²) in [5.41, 5.74) is 3.18. The van der Waals surface area contributed by atoms with E-state index in [9.17, 15) is 4.79 Å². The number of amides is 1. The number of hydrogen-bond donors (Lipinski definition) is 1. The number of rotatable bonds is 2. The molecule has 100 valence electrons. The van der Waals surface area contributed by atoms with Gasteiger partial charge in [-0.1, -0.05) is 12.1 Å². The van der Waals surface area contributed by atoms with Crippen molar-refractivity contribution >= 4 is 17.2 Å². The lowest BCUT2D eigenvalue weighted by molar-refractivity contribution is -0.114. The molecule has 0 aliphatic carbocycles. The van der Waals surface area contributed by atoms with E-state index in [1.165, 1.54) is 6.92 Å². The number of carbonyl (C=O) groups excluding carboxylic acids is 1. The van der Waals surface area contributed by atoms with Crippen LogP contribution in [0.25, 0.3) is 16.9 Å². The van der Waals surface area contributed by atoms with E-state index < -0.39 is 0 Å². The number of benzene rings is 1. The van der Waals surface area contributed by atoms with Crippen LogP contribution in [0.1, 0.15) is 12.7 Å². The van der Waals surface area contributed by atoms with Crippen molar-refractivity contribution in [3.8, 4) is 11.3 Å². The Morgan fingerprint density at radius 3 is 2.85 bits per heavy atom. The first kappa shape index (κ1) is 12.3. The van der Waals surface area contributed by atoms with Crippen LogP contribution in [-0.4, -0.2) is 25.7 Å². The lowest BCUT2D eigenvalue weighted by Crippen LogP contribution is -2.05. The Kier molecular flexibility index (Phi) is 2.90. The SMILES string of the molecule is CC(=O)Nc1cccc(-c2ccc3nnc(C)n3n2)c1. The van der Waals surface area contributed by atoms with E-state index in [1.807, 2.05) is 43.3 Å². The maximum Gasteiger partial charge on any atom is 0.221 e. The van der Waals surface area contributed by atoms with Gasteiger partial charge in [0.05, 0.1) is 5.69 Å². The predicted molar refractivity (Wildman–Crippen MR) is 75.3 cm³/mol. The Labute approximate surface area is 115 Å². The number of aryl methyl sites for hydroxylation is 1. The van der Waals surface area contributed by atoms with Crippen LogP contribution in [-0.2, 0) is 4.79 Å². The molecule has 1 aromatic carbocycles. The molecular weight excluding hydrogens is 254 g/mol. The van der Waals surface area contributed by atoms with E-state index in [-0.39, 0.29) is 5.91 Å². The summed E-state index contributed by atoms with van der Waals surface area (Å²) in [4.78, 5) is 11.1. The number of aromatic nitrogens is 4. The second-order valence-electron chi connectivity index (χ2n) is 4.50. The van der Waals surface area contributed by atoms with Gasteiger partial charge in [-0.2, -0.15) is 9.61 Å². The monoisotopic (exact) mass is 267 g/mol. The molecule has 3 aromatic rings. The molecule has 2 aromatic heterocycles.